The first kappa shape index (κ1) is 13.0. The maximum absolute atomic E-state index is 13.0. The van der Waals surface area contributed by atoms with Crippen molar-refractivity contribution in [3.05, 3.63) is 35.6 Å². The van der Waals surface area contributed by atoms with Gasteiger partial charge in [0, 0.05) is 32.1 Å². The Bertz CT molecular complexity index is 422. The average Bonchev–Trinajstić information content (AvgIpc) is 2.73. The van der Waals surface area contributed by atoms with Gasteiger partial charge < -0.3 is 10.2 Å². The number of halogens is 1. The third kappa shape index (κ3) is 3.53. The normalized spacial score (nSPS) is 17.2. The van der Waals surface area contributed by atoms with Gasteiger partial charge in [-0.15, -0.1) is 0 Å². The second-order valence-electron chi connectivity index (χ2n) is 4.86. The lowest BCUT2D eigenvalue weighted by Gasteiger charge is -2.21. The number of carbonyl (C=O) groups is 1. The SMILES string of the molecule is CC(CN1CCCC1=O)NCc1cccc(F)c1. The van der Waals surface area contributed by atoms with Crippen LogP contribution in [0.25, 0.3) is 0 Å². The summed E-state index contributed by atoms with van der Waals surface area (Å²) in [4.78, 5) is 13.4. The van der Waals surface area contributed by atoms with Crippen LogP contribution in [-0.4, -0.2) is 29.9 Å². The molecule has 1 aliphatic rings. The third-order valence-electron chi connectivity index (χ3n) is 3.21. The summed E-state index contributed by atoms with van der Waals surface area (Å²) in [5, 5.41) is 3.31. The van der Waals surface area contributed by atoms with E-state index in [0.717, 1.165) is 25.1 Å². The van der Waals surface area contributed by atoms with E-state index in [2.05, 4.69) is 5.32 Å². The number of likely N-dealkylation sites (tertiary alicyclic amines) is 1. The van der Waals surface area contributed by atoms with E-state index in [-0.39, 0.29) is 17.8 Å². The monoisotopic (exact) mass is 250 g/mol. The van der Waals surface area contributed by atoms with Gasteiger partial charge in [0.2, 0.25) is 5.91 Å². The highest BCUT2D eigenvalue weighted by molar-refractivity contribution is 5.78. The van der Waals surface area contributed by atoms with Gasteiger partial charge in [0.1, 0.15) is 5.82 Å². The van der Waals surface area contributed by atoms with E-state index in [0.29, 0.717) is 13.0 Å². The van der Waals surface area contributed by atoms with Crippen molar-refractivity contribution in [3.8, 4) is 0 Å². The summed E-state index contributed by atoms with van der Waals surface area (Å²) >= 11 is 0. The van der Waals surface area contributed by atoms with Crippen molar-refractivity contribution in [2.75, 3.05) is 13.1 Å². The Morgan fingerprint density at radius 2 is 2.33 bits per heavy atom. The first-order chi connectivity index (χ1) is 8.65. The van der Waals surface area contributed by atoms with E-state index in [1.807, 2.05) is 17.9 Å². The van der Waals surface area contributed by atoms with Crippen molar-refractivity contribution < 1.29 is 9.18 Å². The Hall–Kier alpha value is -1.42. The van der Waals surface area contributed by atoms with Crippen LogP contribution in [0.1, 0.15) is 25.3 Å². The molecule has 1 aromatic carbocycles. The summed E-state index contributed by atoms with van der Waals surface area (Å²) in [6, 6.07) is 6.79. The summed E-state index contributed by atoms with van der Waals surface area (Å²) in [7, 11) is 0. The van der Waals surface area contributed by atoms with Crippen molar-refractivity contribution >= 4 is 5.91 Å². The topological polar surface area (TPSA) is 32.3 Å². The Kier molecular flexibility index (Phi) is 4.31. The van der Waals surface area contributed by atoms with Gasteiger partial charge in [-0.25, -0.2) is 4.39 Å². The van der Waals surface area contributed by atoms with E-state index in [1.165, 1.54) is 12.1 Å². The molecule has 4 heteroatoms. The van der Waals surface area contributed by atoms with E-state index >= 15 is 0 Å². The number of amides is 1. The highest BCUT2D eigenvalue weighted by atomic mass is 19.1. The standard InChI is InChI=1S/C14H19FN2O/c1-11(10-17-7-3-6-14(17)18)16-9-12-4-2-5-13(15)8-12/h2,4-5,8,11,16H,3,6-7,9-10H2,1H3. The Labute approximate surface area is 107 Å². The van der Waals surface area contributed by atoms with E-state index in [1.54, 1.807) is 6.07 Å². The number of hydrogen-bond donors (Lipinski definition) is 1. The van der Waals surface area contributed by atoms with Crippen LogP contribution in [0.3, 0.4) is 0 Å². The second kappa shape index (κ2) is 5.96. The third-order valence-corrected chi connectivity index (χ3v) is 3.21. The maximum Gasteiger partial charge on any atom is 0.222 e. The number of carbonyl (C=O) groups excluding carboxylic acids is 1. The van der Waals surface area contributed by atoms with Crippen LogP contribution in [0.4, 0.5) is 4.39 Å². The zero-order valence-electron chi connectivity index (χ0n) is 10.7. The van der Waals surface area contributed by atoms with Gasteiger partial charge in [0.05, 0.1) is 0 Å². The summed E-state index contributed by atoms with van der Waals surface area (Å²) in [5.41, 5.74) is 0.926. The zero-order chi connectivity index (χ0) is 13.0. The van der Waals surface area contributed by atoms with Gasteiger partial charge in [-0.3, -0.25) is 4.79 Å². The number of rotatable bonds is 5. The van der Waals surface area contributed by atoms with E-state index < -0.39 is 0 Å². The molecule has 1 saturated heterocycles. The van der Waals surface area contributed by atoms with Gasteiger partial charge >= 0.3 is 0 Å². The fraction of sp³-hybridized carbons (Fsp3) is 0.500. The molecule has 0 spiro atoms. The molecule has 1 atom stereocenters. The number of nitrogens with zero attached hydrogens (tertiary/aromatic N) is 1. The van der Waals surface area contributed by atoms with Crippen LogP contribution in [0.15, 0.2) is 24.3 Å². The average molecular weight is 250 g/mol. The lowest BCUT2D eigenvalue weighted by molar-refractivity contribution is -0.127. The van der Waals surface area contributed by atoms with Crippen LogP contribution in [0.2, 0.25) is 0 Å². The molecule has 0 aliphatic carbocycles. The Morgan fingerprint density at radius 1 is 1.50 bits per heavy atom. The fourth-order valence-corrected chi connectivity index (χ4v) is 2.23. The smallest absolute Gasteiger partial charge is 0.222 e. The van der Waals surface area contributed by atoms with Crippen molar-refractivity contribution in [1.29, 1.82) is 0 Å². The Balaban J connectivity index is 1.77. The molecule has 0 radical (unpaired) electrons. The summed E-state index contributed by atoms with van der Waals surface area (Å²) < 4.78 is 13.0. The Morgan fingerprint density at radius 3 is 3.00 bits per heavy atom. The van der Waals surface area contributed by atoms with Crippen LogP contribution >= 0.6 is 0 Å². The predicted octanol–water partition coefficient (Wildman–Crippen LogP) is 1.93. The maximum atomic E-state index is 13.0. The molecule has 0 bridgehead atoms. The fourth-order valence-electron chi connectivity index (χ4n) is 2.23. The van der Waals surface area contributed by atoms with Gasteiger partial charge in [-0.1, -0.05) is 12.1 Å². The molecule has 2 rings (SSSR count). The van der Waals surface area contributed by atoms with Crippen LogP contribution in [-0.2, 0) is 11.3 Å². The molecule has 0 aromatic heterocycles. The molecule has 1 aliphatic heterocycles. The minimum absolute atomic E-state index is 0.211. The molecular weight excluding hydrogens is 231 g/mol. The van der Waals surface area contributed by atoms with Gasteiger partial charge in [-0.2, -0.15) is 0 Å². The highest BCUT2D eigenvalue weighted by Crippen LogP contribution is 2.10. The number of benzene rings is 1. The minimum Gasteiger partial charge on any atom is -0.341 e. The molecule has 1 fully saturated rings. The lowest BCUT2D eigenvalue weighted by Crippen LogP contribution is -2.39. The molecule has 1 N–H and O–H groups in total. The molecule has 0 saturated carbocycles. The number of hydrogen-bond acceptors (Lipinski definition) is 2. The van der Waals surface area contributed by atoms with Crippen LogP contribution in [0.5, 0.6) is 0 Å². The first-order valence-electron chi connectivity index (χ1n) is 6.41. The molecule has 1 aromatic rings. The molecule has 3 nitrogen and oxygen atoms in total. The largest absolute Gasteiger partial charge is 0.341 e. The van der Waals surface area contributed by atoms with Gasteiger partial charge in [0.25, 0.3) is 0 Å². The van der Waals surface area contributed by atoms with Crippen LogP contribution in [0, 0.1) is 5.82 Å². The number of nitrogens with one attached hydrogen (secondary N) is 1. The van der Waals surface area contributed by atoms with Crippen molar-refractivity contribution in [2.24, 2.45) is 0 Å². The zero-order valence-corrected chi connectivity index (χ0v) is 10.7. The summed E-state index contributed by atoms with van der Waals surface area (Å²) in [6.45, 7) is 4.27. The van der Waals surface area contributed by atoms with Crippen molar-refractivity contribution in [1.82, 2.24) is 10.2 Å². The van der Waals surface area contributed by atoms with Gasteiger partial charge in [0.15, 0.2) is 0 Å². The van der Waals surface area contributed by atoms with Gasteiger partial charge in [-0.05, 0) is 31.0 Å². The van der Waals surface area contributed by atoms with E-state index in [9.17, 15) is 9.18 Å². The quantitative estimate of drug-likeness (QED) is 0.866. The molecule has 18 heavy (non-hydrogen) atoms. The van der Waals surface area contributed by atoms with Crippen LogP contribution < -0.4 is 5.32 Å². The second-order valence-corrected chi connectivity index (χ2v) is 4.86. The lowest BCUT2D eigenvalue weighted by atomic mass is 10.2. The molecule has 1 unspecified atom stereocenters. The van der Waals surface area contributed by atoms with Crippen molar-refractivity contribution in [2.45, 2.75) is 32.4 Å². The molecule has 1 heterocycles. The molecule has 98 valence electrons. The predicted molar refractivity (Wildman–Crippen MR) is 68.5 cm³/mol. The highest BCUT2D eigenvalue weighted by Gasteiger charge is 2.21. The summed E-state index contributed by atoms with van der Waals surface area (Å²) in [6.07, 6.45) is 1.64. The first-order valence-corrected chi connectivity index (χ1v) is 6.41. The molecular formula is C14H19FN2O. The molecule has 1 amide bonds. The minimum atomic E-state index is -0.211. The van der Waals surface area contributed by atoms with E-state index in [4.69, 9.17) is 0 Å². The van der Waals surface area contributed by atoms with Crippen molar-refractivity contribution in [3.63, 3.8) is 0 Å². The summed E-state index contributed by atoms with van der Waals surface area (Å²) in [5.74, 6) is 0.0334.